The number of benzene rings is 1. The average Bonchev–Trinajstić information content (AvgIpc) is 2.36. The van der Waals surface area contributed by atoms with Gasteiger partial charge in [-0.1, -0.05) is 0 Å². The monoisotopic (exact) mass is 390 g/mol. The van der Waals surface area contributed by atoms with E-state index in [0.29, 0.717) is 10.5 Å². The van der Waals surface area contributed by atoms with Crippen LogP contribution in [-0.4, -0.2) is 10.9 Å². The largest absolute Gasteiger partial charge is 0.318 e. The number of carbonyl (C=O) groups excluding carboxylic acids is 1. The fourth-order valence-corrected chi connectivity index (χ4v) is 2.13. The van der Waals surface area contributed by atoms with Crippen molar-refractivity contribution in [1.82, 2.24) is 4.98 Å². The van der Waals surface area contributed by atoms with E-state index in [9.17, 15) is 13.6 Å². The Morgan fingerprint density at radius 3 is 2.58 bits per heavy atom. The number of nitrogens with one attached hydrogen (secondary N) is 1. The summed E-state index contributed by atoms with van der Waals surface area (Å²) >= 11 is 6.09. The normalized spacial score (nSPS) is 10.3. The molecule has 0 saturated heterocycles. The zero-order chi connectivity index (χ0) is 14.0. The number of carbonyl (C=O) groups is 1. The van der Waals surface area contributed by atoms with Crippen molar-refractivity contribution in [2.24, 2.45) is 0 Å². The minimum Gasteiger partial charge on any atom is -0.318 e. The Balaban J connectivity index is 2.30. The maximum absolute atomic E-state index is 13.5. The van der Waals surface area contributed by atoms with Gasteiger partial charge in [-0.3, -0.25) is 4.79 Å². The molecule has 7 heteroatoms. The van der Waals surface area contributed by atoms with Crippen molar-refractivity contribution in [3.8, 4) is 0 Å². The van der Waals surface area contributed by atoms with Gasteiger partial charge >= 0.3 is 0 Å². The van der Waals surface area contributed by atoms with Gasteiger partial charge in [-0.25, -0.2) is 13.8 Å². The zero-order valence-corrected chi connectivity index (χ0v) is 12.4. The van der Waals surface area contributed by atoms with Crippen LogP contribution in [0.5, 0.6) is 0 Å². The SMILES string of the molecule is O=C(Nc1cc(Br)c(F)cc1F)c1ncccc1Br. The van der Waals surface area contributed by atoms with Crippen molar-refractivity contribution in [2.75, 3.05) is 5.32 Å². The van der Waals surface area contributed by atoms with Crippen molar-refractivity contribution >= 4 is 43.5 Å². The number of hydrogen-bond acceptors (Lipinski definition) is 2. The van der Waals surface area contributed by atoms with Gasteiger partial charge in [0.05, 0.1) is 10.2 Å². The standard InChI is InChI=1S/C12H6Br2F2N2O/c13-6-2-1-3-17-11(6)12(19)18-10-4-7(14)8(15)5-9(10)16/h1-5H,(H,18,19). The Labute approximate surface area is 124 Å². The number of halogens is 4. The molecule has 0 spiro atoms. The van der Waals surface area contributed by atoms with Gasteiger partial charge in [0.25, 0.3) is 5.91 Å². The van der Waals surface area contributed by atoms with Gasteiger partial charge in [0, 0.05) is 16.7 Å². The minimum absolute atomic E-state index is 0.0595. The fraction of sp³-hybridized carbons (Fsp3) is 0. The second-order valence-corrected chi connectivity index (χ2v) is 5.24. The van der Waals surface area contributed by atoms with Crippen LogP contribution < -0.4 is 5.32 Å². The summed E-state index contributed by atoms with van der Waals surface area (Å²) in [6, 6.07) is 5.13. The third-order valence-corrected chi connectivity index (χ3v) is 3.48. The van der Waals surface area contributed by atoms with E-state index in [1.807, 2.05) is 0 Å². The highest BCUT2D eigenvalue weighted by Crippen LogP contribution is 2.24. The Hall–Kier alpha value is -1.34. The lowest BCUT2D eigenvalue weighted by Crippen LogP contribution is -2.15. The number of aromatic nitrogens is 1. The fourth-order valence-electron chi connectivity index (χ4n) is 1.35. The predicted molar refractivity (Wildman–Crippen MR) is 73.9 cm³/mol. The lowest BCUT2D eigenvalue weighted by molar-refractivity contribution is 0.102. The molecule has 0 aliphatic heterocycles. The molecule has 1 amide bonds. The van der Waals surface area contributed by atoms with Crippen LogP contribution in [0.1, 0.15) is 10.5 Å². The Kier molecular flexibility index (Phi) is 4.26. The summed E-state index contributed by atoms with van der Waals surface area (Å²) in [5.74, 6) is -2.19. The van der Waals surface area contributed by atoms with Gasteiger partial charge in [-0.05, 0) is 50.1 Å². The van der Waals surface area contributed by atoms with Crippen LogP contribution in [0.2, 0.25) is 0 Å². The summed E-state index contributed by atoms with van der Waals surface area (Å²) in [6.07, 6.45) is 1.44. The van der Waals surface area contributed by atoms with Crippen LogP contribution in [0.3, 0.4) is 0 Å². The van der Waals surface area contributed by atoms with Crippen LogP contribution >= 0.6 is 31.9 Å². The summed E-state index contributed by atoms with van der Waals surface area (Å²) in [5.41, 5.74) is -0.0156. The molecule has 2 aromatic rings. The lowest BCUT2D eigenvalue weighted by Gasteiger charge is -2.08. The number of hydrogen-bond donors (Lipinski definition) is 1. The molecule has 0 saturated carbocycles. The highest BCUT2D eigenvalue weighted by Gasteiger charge is 2.15. The second-order valence-electron chi connectivity index (χ2n) is 3.53. The number of anilines is 1. The molecular weight excluding hydrogens is 386 g/mol. The molecular formula is C12H6Br2F2N2O. The van der Waals surface area contributed by atoms with E-state index in [1.165, 1.54) is 6.20 Å². The summed E-state index contributed by atoms with van der Waals surface area (Å²) in [6.45, 7) is 0. The van der Waals surface area contributed by atoms with Crippen LogP contribution in [0.15, 0.2) is 39.4 Å². The number of pyridine rings is 1. The highest BCUT2D eigenvalue weighted by molar-refractivity contribution is 9.10. The van der Waals surface area contributed by atoms with E-state index < -0.39 is 17.5 Å². The molecule has 0 aliphatic carbocycles. The number of rotatable bonds is 2. The van der Waals surface area contributed by atoms with Crippen LogP contribution in [0.25, 0.3) is 0 Å². The first-order chi connectivity index (χ1) is 8.99. The third kappa shape index (κ3) is 3.16. The first-order valence-corrected chi connectivity index (χ1v) is 6.64. The van der Waals surface area contributed by atoms with Crippen LogP contribution in [-0.2, 0) is 0 Å². The molecule has 0 atom stereocenters. The van der Waals surface area contributed by atoms with E-state index in [4.69, 9.17) is 0 Å². The quantitative estimate of drug-likeness (QED) is 0.782. The van der Waals surface area contributed by atoms with Gasteiger partial charge < -0.3 is 5.32 Å². The first-order valence-electron chi connectivity index (χ1n) is 5.05. The van der Waals surface area contributed by atoms with Crippen molar-refractivity contribution in [3.63, 3.8) is 0 Å². The van der Waals surface area contributed by atoms with E-state index in [0.717, 1.165) is 6.07 Å². The van der Waals surface area contributed by atoms with E-state index in [-0.39, 0.29) is 15.9 Å². The van der Waals surface area contributed by atoms with Crippen molar-refractivity contribution < 1.29 is 13.6 Å². The number of nitrogens with zero attached hydrogens (tertiary/aromatic N) is 1. The molecule has 3 nitrogen and oxygen atoms in total. The van der Waals surface area contributed by atoms with Gasteiger partial charge in [-0.15, -0.1) is 0 Å². The molecule has 0 aliphatic rings. The molecule has 1 N–H and O–H groups in total. The minimum atomic E-state index is -0.860. The van der Waals surface area contributed by atoms with Gasteiger partial charge in [0.15, 0.2) is 0 Å². The summed E-state index contributed by atoms with van der Waals surface area (Å²) in [4.78, 5) is 15.8. The molecule has 0 radical (unpaired) electrons. The molecule has 1 heterocycles. The summed E-state index contributed by atoms with van der Waals surface area (Å²) in [7, 11) is 0. The zero-order valence-electron chi connectivity index (χ0n) is 9.25. The van der Waals surface area contributed by atoms with Crippen molar-refractivity contribution in [2.45, 2.75) is 0 Å². The summed E-state index contributed by atoms with van der Waals surface area (Å²) in [5, 5.41) is 2.33. The molecule has 19 heavy (non-hydrogen) atoms. The second kappa shape index (κ2) is 5.75. The van der Waals surface area contributed by atoms with Crippen LogP contribution in [0, 0.1) is 11.6 Å². The van der Waals surface area contributed by atoms with Crippen molar-refractivity contribution in [3.05, 3.63) is 56.7 Å². The molecule has 0 bridgehead atoms. The molecule has 0 fully saturated rings. The van der Waals surface area contributed by atoms with Gasteiger partial charge in [0.2, 0.25) is 0 Å². The smallest absolute Gasteiger partial charge is 0.275 e. The maximum Gasteiger partial charge on any atom is 0.275 e. The lowest BCUT2D eigenvalue weighted by atomic mass is 10.2. The van der Waals surface area contributed by atoms with Crippen molar-refractivity contribution in [1.29, 1.82) is 0 Å². The first kappa shape index (κ1) is 14.1. The molecule has 98 valence electrons. The van der Waals surface area contributed by atoms with Gasteiger partial charge in [0.1, 0.15) is 17.3 Å². The third-order valence-electron chi connectivity index (χ3n) is 2.23. The highest BCUT2D eigenvalue weighted by atomic mass is 79.9. The van der Waals surface area contributed by atoms with Gasteiger partial charge in [-0.2, -0.15) is 0 Å². The molecule has 1 aromatic heterocycles. The van der Waals surface area contributed by atoms with E-state index in [1.54, 1.807) is 12.1 Å². The number of amides is 1. The summed E-state index contributed by atoms with van der Waals surface area (Å²) < 4.78 is 27.1. The Morgan fingerprint density at radius 2 is 1.89 bits per heavy atom. The predicted octanol–water partition coefficient (Wildman–Crippen LogP) is 4.14. The molecule has 2 rings (SSSR count). The molecule has 1 aromatic carbocycles. The molecule has 0 unspecified atom stereocenters. The Bertz CT molecular complexity index is 650. The van der Waals surface area contributed by atoms with E-state index in [2.05, 4.69) is 42.2 Å². The maximum atomic E-state index is 13.5. The topological polar surface area (TPSA) is 42.0 Å². The van der Waals surface area contributed by atoms with E-state index >= 15 is 0 Å². The Morgan fingerprint density at radius 1 is 1.16 bits per heavy atom. The van der Waals surface area contributed by atoms with Crippen LogP contribution in [0.4, 0.5) is 14.5 Å². The average molecular weight is 392 g/mol.